The SMILES string of the molecule is C/C(=C\c1ccccc1)CC(C)(C)CBr. The van der Waals surface area contributed by atoms with E-state index in [-0.39, 0.29) is 0 Å². The zero-order chi connectivity index (χ0) is 11.3. The van der Waals surface area contributed by atoms with Gasteiger partial charge in [0, 0.05) is 5.33 Å². The Morgan fingerprint density at radius 1 is 1.27 bits per heavy atom. The molecular weight excluding hydrogens is 248 g/mol. The number of hydrogen-bond donors (Lipinski definition) is 0. The first-order valence-corrected chi connectivity index (χ1v) is 6.44. The standard InChI is InChI=1S/C14H19Br/c1-12(10-14(2,3)11-15)9-13-7-5-4-6-8-13/h4-9H,10-11H2,1-3H3/b12-9+. The van der Waals surface area contributed by atoms with Gasteiger partial charge in [-0.25, -0.2) is 0 Å². The van der Waals surface area contributed by atoms with Crippen LogP contribution in [-0.2, 0) is 0 Å². The van der Waals surface area contributed by atoms with Gasteiger partial charge in [0.15, 0.2) is 0 Å². The fraction of sp³-hybridized carbons (Fsp3) is 0.429. The summed E-state index contributed by atoms with van der Waals surface area (Å²) < 4.78 is 0. The molecule has 0 aliphatic carbocycles. The summed E-state index contributed by atoms with van der Waals surface area (Å²) in [6, 6.07) is 10.5. The lowest BCUT2D eigenvalue weighted by Crippen LogP contribution is -2.12. The molecule has 0 saturated heterocycles. The molecule has 0 N–H and O–H groups in total. The van der Waals surface area contributed by atoms with E-state index in [9.17, 15) is 0 Å². The molecule has 82 valence electrons. The van der Waals surface area contributed by atoms with Gasteiger partial charge in [0.05, 0.1) is 0 Å². The van der Waals surface area contributed by atoms with E-state index in [0.717, 1.165) is 11.8 Å². The van der Waals surface area contributed by atoms with Crippen LogP contribution in [0.3, 0.4) is 0 Å². The fourth-order valence-electron chi connectivity index (χ4n) is 1.69. The van der Waals surface area contributed by atoms with Crippen molar-refractivity contribution in [3.63, 3.8) is 0 Å². The molecule has 0 radical (unpaired) electrons. The molecule has 15 heavy (non-hydrogen) atoms. The molecule has 1 aromatic carbocycles. The molecule has 0 spiro atoms. The summed E-state index contributed by atoms with van der Waals surface area (Å²) >= 11 is 3.56. The van der Waals surface area contributed by atoms with Crippen LogP contribution in [0.15, 0.2) is 35.9 Å². The largest absolute Gasteiger partial charge is 0.0922 e. The first-order valence-electron chi connectivity index (χ1n) is 5.32. The molecule has 0 nitrogen and oxygen atoms in total. The van der Waals surface area contributed by atoms with Crippen molar-refractivity contribution in [2.24, 2.45) is 5.41 Å². The Balaban J connectivity index is 2.69. The summed E-state index contributed by atoms with van der Waals surface area (Å²) in [6.07, 6.45) is 3.40. The third kappa shape index (κ3) is 4.65. The third-order valence-electron chi connectivity index (χ3n) is 2.33. The van der Waals surface area contributed by atoms with E-state index in [1.54, 1.807) is 0 Å². The summed E-state index contributed by atoms with van der Waals surface area (Å²) in [5.41, 5.74) is 3.07. The number of halogens is 1. The smallest absolute Gasteiger partial charge is 0.00857 e. The molecule has 0 amide bonds. The van der Waals surface area contributed by atoms with E-state index >= 15 is 0 Å². The van der Waals surface area contributed by atoms with Crippen molar-refractivity contribution in [1.29, 1.82) is 0 Å². The predicted molar refractivity (Wildman–Crippen MR) is 72.3 cm³/mol. The Labute approximate surface area is 102 Å². The molecule has 0 bridgehead atoms. The van der Waals surface area contributed by atoms with Crippen LogP contribution < -0.4 is 0 Å². The molecule has 0 atom stereocenters. The van der Waals surface area contributed by atoms with Crippen molar-refractivity contribution in [3.8, 4) is 0 Å². The quantitative estimate of drug-likeness (QED) is 0.680. The average Bonchev–Trinajstić information content (AvgIpc) is 2.18. The normalized spacial score (nSPS) is 12.9. The summed E-state index contributed by atoms with van der Waals surface area (Å²) in [5.74, 6) is 0. The van der Waals surface area contributed by atoms with E-state index in [0.29, 0.717) is 5.41 Å². The van der Waals surface area contributed by atoms with Crippen LogP contribution in [0.1, 0.15) is 32.8 Å². The maximum absolute atomic E-state index is 3.56. The van der Waals surface area contributed by atoms with Crippen LogP contribution in [0.2, 0.25) is 0 Å². The topological polar surface area (TPSA) is 0 Å². The Morgan fingerprint density at radius 2 is 1.87 bits per heavy atom. The average molecular weight is 267 g/mol. The van der Waals surface area contributed by atoms with E-state index in [4.69, 9.17) is 0 Å². The van der Waals surface area contributed by atoms with Crippen molar-refractivity contribution in [2.45, 2.75) is 27.2 Å². The zero-order valence-electron chi connectivity index (χ0n) is 9.76. The van der Waals surface area contributed by atoms with Crippen LogP contribution >= 0.6 is 15.9 Å². The van der Waals surface area contributed by atoms with E-state index in [1.165, 1.54) is 11.1 Å². The van der Waals surface area contributed by atoms with Gasteiger partial charge >= 0.3 is 0 Å². The minimum atomic E-state index is 0.343. The Hall–Kier alpha value is -0.560. The predicted octanol–water partition coefficient (Wildman–Crippen LogP) is 4.90. The van der Waals surface area contributed by atoms with Crippen LogP contribution in [-0.4, -0.2) is 5.33 Å². The van der Waals surface area contributed by atoms with Gasteiger partial charge in [0.2, 0.25) is 0 Å². The van der Waals surface area contributed by atoms with Crippen molar-refractivity contribution >= 4 is 22.0 Å². The third-order valence-corrected chi connectivity index (χ3v) is 3.85. The van der Waals surface area contributed by atoms with Gasteiger partial charge in [-0.2, -0.15) is 0 Å². The number of benzene rings is 1. The molecule has 1 aromatic rings. The molecule has 0 fully saturated rings. The highest BCUT2D eigenvalue weighted by molar-refractivity contribution is 9.09. The number of hydrogen-bond acceptors (Lipinski definition) is 0. The first-order chi connectivity index (χ1) is 7.03. The summed E-state index contributed by atoms with van der Waals surface area (Å²) in [7, 11) is 0. The molecule has 1 rings (SSSR count). The minimum absolute atomic E-state index is 0.343. The van der Waals surface area contributed by atoms with Crippen LogP contribution in [0.5, 0.6) is 0 Å². The van der Waals surface area contributed by atoms with Crippen molar-refractivity contribution in [3.05, 3.63) is 41.5 Å². The maximum atomic E-state index is 3.56. The highest BCUT2D eigenvalue weighted by Crippen LogP contribution is 2.27. The number of rotatable bonds is 4. The fourth-order valence-corrected chi connectivity index (χ4v) is 1.89. The monoisotopic (exact) mass is 266 g/mol. The molecule has 0 aliphatic rings. The van der Waals surface area contributed by atoms with Crippen molar-refractivity contribution in [2.75, 3.05) is 5.33 Å². The molecule has 0 aliphatic heterocycles. The lowest BCUT2D eigenvalue weighted by Gasteiger charge is -2.21. The van der Waals surface area contributed by atoms with Gasteiger partial charge in [0.1, 0.15) is 0 Å². The molecule has 0 heterocycles. The molecule has 1 heteroatoms. The summed E-state index contributed by atoms with van der Waals surface area (Å²) in [4.78, 5) is 0. The molecule has 0 aromatic heterocycles. The maximum Gasteiger partial charge on any atom is 0.00857 e. The zero-order valence-corrected chi connectivity index (χ0v) is 11.3. The first kappa shape index (κ1) is 12.5. The minimum Gasteiger partial charge on any atom is -0.0922 e. The summed E-state index contributed by atoms with van der Waals surface area (Å²) in [6.45, 7) is 6.77. The second kappa shape index (κ2) is 5.50. The highest BCUT2D eigenvalue weighted by atomic mass is 79.9. The number of alkyl halides is 1. The van der Waals surface area contributed by atoms with Crippen LogP contribution in [0.25, 0.3) is 6.08 Å². The molecule has 0 unspecified atom stereocenters. The van der Waals surface area contributed by atoms with Crippen molar-refractivity contribution in [1.82, 2.24) is 0 Å². The Kier molecular flexibility index (Phi) is 4.59. The molecule has 0 saturated carbocycles. The second-order valence-electron chi connectivity index (χ2n) is 4.88. The van der Waals surface area contributed by atoms with Gasteiger partial charge in [-0.05, 0) is 24.3 Å². The lowest BCUT2D eigenvalue weighted by molar-refractivity contribution is 0.424. The van der Waals surface area contributed by atoms with Gasteiger partial charge in [0.25, 0.3) is 0 Å². The Morgan fingerprint density at radius 3 is 2.40 bits per heavy atom. The highest BCUT2D eigenvalue weighted by Gasteiger charge is 2.16. The van der Waals surface area contributed by atoms with Crippen LogP contribution in [0.4, 0.5) is 0 Å². The van der Waals surface area contributed by atoms with Gasteiger partial charge < -0.3 is 0 Å². The van der Waals surface area contributed by atoms with Crippen LogP contribution in [0, 0.1) is 5.41 Å². The molecular formula is C14H19Br. The lowest BCUT2D eigenvalue weighted by atomic mass is 9.88. The Bertz CT molecular complexity index is 322. The van der Waals surface area contributed by atoms with Gasteiger partial charge in [-0.15, -0.1) is 0 Å². The van der Waals surface area contributed by atoms with Gasteiger partial charge in [-0.3, -0.25) is 0 Å². The van der Waals surface area contributed by atoms with Crippen molar-refractivity contribution < 1.29 is 0 Å². The van der Waals surface area contributed by atoms with E-state index < -0.39 is 0 Å². The number of allylic oxidation sites excluding steroid dienone is 1. The second-order valence-corrected chi connectivity index (χ2v) is 5.44. The summed E-state index contributed by atoms with van der Waals surface area (Å²) in [5, 5.41) is 1.04. The van der Waals surface area contributed by atoms with E-state index in [1.807, 2.05) is 0 Å². The van der Waals surface area contributed by atoms with Gasteiger partial charge in [-0.1, -0.05) is 71.8 Å². The van der Waals surface area contributed by atoms with E-state index in [2.05, 4.69) is 73.1 Å².